The Morgan fingerprint density at radius 1 is 1.64 bits per heavy atom. The topological polar surface area (TPSA) is 66.0 Å². The van der Waals surface area contributed by atoms with Crippen molar-refractivity contribution in [3.05, 3.63) is 29.6 Å². The zero-order chi connectivity index (χ0) is 10.1. The summed E-state index contributed by atoms with van der Waals surface area (Å²) in [5.74, 6) is -0.952. The third-order valence-electron chi connectivity index (χ3n) is 2.22. The minimum absolute atomic E-state index is 0.210. The first-order valence-corrected chi connectivity index (χ1v) is 4.41. The van der Waals surface area contributed by atoms with Gasteiger partial charge in [-0.15, -0.1) is 0 Å². The van der Waals surface area contributed by atoms with Gasteiger partial charge in [-0.05, 0) is 18.1 Å². The Morgan fingerprint density at radius 2 is 2.43 bits per heavy atom. The van der Waals surface area contributed by atoms with Crippen LogP contribution >= 0.6 is 0 Å². The summed E-state index contributed by atoms with van der Waals surface area (Å²) in [4.78, 5) is 17.8. The van der Waals surface area contributed by atoms with Gasteiger partial charge in [0.25, 0.3) is 0 Å². The molecule has 2 N–H and O–H groups in total. The predicted octanol–water partition coefficient (Wildman–Crippen LogP) is 1.82. The van der Waals surface area contributed by atoms with E-state index in [0.29, 0.717) is 0 Å². The molecule has 0 aliphatic carbocycles. The maximum Gasteiger partial charge on any atom is 0.337 e. The highest BCUT2D eigenvalue weighted by atomic mass is 16.4. The molecule has 4 nitrogen and oxygen atoms in total. The predicted molar refractivity (Wildman–Crippen MR) is 52.4 cm³/mol. The molecule has 0 saturated heterocycles. The molecule has 2 aromatic heterocycles. The van der Waals surface area contributed by atoms with Crippen molar-refractivity contribution in [1.29, 1.82) is 0 Å². The van der Waals surface area contributed by atoms with Crippen molar-refractivity contribution in [2.45, 2.75) is 13.3 Å². The highest BCUT2D eigenvalue weighted by Crippen LogP contribution is 2.17. The van der Waals surface area contributed by atoms with Crippen molar-refractivity contribution in [3.63, 3.8) is 0 Å². The number of aromatic nitrogens is 2. The first-order valence-electron chi connectivity index (χ1n) is 4.41. The maximum atomic E-state index is 10.7. The molecule has 0 unspecified atom stereocenters. The molecular weight excluding hydrogens is 180 g/mol. The number of nitrogens with one attached hydrogen (secondary N) is 1. The normalized spacial score (nSPS) is 10.6. The fourth-order valence-electron chi connectivity index (χ4n) is 1.45. The molecule has 2 aromatic rings. The molecule has 0 aliphatic rings. The number of carboxylic acid groups (broad SMARTS) is 1. The van der Waals surface area contributed by atoms with Crippen LogP contribution in [0.15, 0.2) is 18.5 Å². The second kappa shape index (κ2) is 3.14. The minimum atomic E-state index is -0.952. The van der Waals surface area contributed by atoms with E-state index in [4.69, 9.17) is 5.11 Å². The van der Waals surface area contributed by atoms with E-state index in [1.54, 1.807) is 6.07 Å². The van der Waals surface area contributed by atoms with Crippen molar-refractivity contribution in [2.75, 3.05) is 0 Å². The van der Waals surface area contributed by atoms with Crippen LogP contribution in [0.25, 0.3) is 11.0 Å². The number of aromatic amines is 1. The Kier molecular flexibility index (Phi) is 1.96. The summed E-state index contributed by atoms with van der Waals surface area (Å²) in [5.41, 5.74) is 2.96. The van der Waals surface area contributed by atoms with Crippen LogP contribution < -0.4 is 0 Å². The van der Waals surface area contributed by atoms with Gasteiger partial charge in [-0.1, -0.05) is 6.92 Å². The molecule has 0 aliphatic heterocycles. The quantitative estimate of drug-likeness (QED) is 0.759. The number of aryl methyl sites for hydroxylation is 1. The van der Waals surface area contributed by atoms with Gasteiger partial charge in [0.15, 0.2) is 0 Å². The molecule has 0 fully saturated rings. The summed E-state index contributed by atoms with van der Waals surface area (Å²) in [5, 5.41) is 8.75. The molecule has 0 amide bonds. The Balaban J connectivity index is 2.63. The van der Waals surface area contributed by atoms with Gasteiger partial charge in [-0.2, -0.15) is 0 Å². The minimum Gasteiger partial charge on any atom is -0.478 e. The third kappa shape index (κ3) is 1.25. The Labute approximate surface area is 80.6 Å². The van der Waals surface area contributed by atoms with Crippen molar-refractivity contribution in [1.82, 2.24) is 9.97 Å². The zero-order valence-electron chi connectivity index (χ0n) is 7.74. The van der Waals surface area contributed by atoms with E-state index in [1.807, 2.05) is 13.1 Å². The van der Waals surface area contributed by atoms with E-state index in [1.165, 1.54) is 6.20 Å². The van der Waals surface area contributed by atoms with Crippen LogP contribution in [0.4, 0.5) is 0 Å². The number of hydrogen-bond acceptors (Lipinski definition) is 2. The lowest BCUT2D eigenvalue weighted by Gasteiger charge is -1.95. The summed E-state index contributed by atoms with van der Waals surface area (Å²) in [7, 11) is 0. The highest BCUT2D eigenvalue weighted by Gasteiger charge is 2.07. The number of carbonyl (C=O) groups is 1. The number of nitrogens with zero attached hydrogens (tertiary/aromatic N) is 1. The van der Waals surface area contributed by atoms with Gasteiger partial charge in [-0.3, -0.25) is 4.98 Å². The zero-order valence-corrected chi connectivity index (χ0v) is 7.74. The molecule has 2 heterocycles. The molecule has 14 heavy (non-hydrogen) atoms. The molecule has 2 rings (SSSR count). The van der Waals surface area contributed by atoms with E-state index >= 15 is 0 Å². The fourth-order valence-corrected chi connectivity index (χ4v) is 1.45. The summed E-state index contributed by atoms with van der Waals surface area (Å²) < 4.78 is 0. The lowest BCUT2D eigenvalue weighted by Crippen LogP contribution is -1.96. The van der Waals surface area contributed by atoms with Gasteiger partial charge < -0.3 is 10.1 Å². The van der Waals surface area contributed by atoms with E-state index in [9.17, 15) is 4.79 Å². The summed E-state index contributed by atoms with van der Waals surface area (Å²) in [6.45, 7) is 2.04. The Bertz CT molecular complexity index is 488. The van der Waals surface area contributed by atoms with E-state index in [0.717, 1.165) is 23.0 Å². The number of fused-ring (bicyclic) bond motifs is 1. The van der Waals surface area contributed by atoms with Crippen LogP contribution in [0.5, 0.6) is 0 Å². The van der Waals surface area contributed by atoms with Gasteiger partial charge >= 0.3 is 5.97 Å². The number of carboxylic acids is 1. The first kappa shape index (κ1) is 8.74. The molecule has 4 heteroatoms. The molecule has 72 valence electrons. The van der Waals surface area contributed by atoms with E-state index < -0.39 is 5.97 Å². The fraction of sp³-hybridized carbons (Fsp3) is 0.200. The van der Waals surface area contributed by atoms with Crippen LogP contribution in [0.3, 0.4) is 0 Å². The summed E-state index contributed by atoms with van der Waals surface area (Å²) >= 11 is 0. The lowest BCUT2D eigenvalue weighted by atomic mass is 10.2. The Hall–Kier alpha value is -1.84. The average Bonchev–Trinajstić information content (AvgIpc) is 2.59. The number of aromatic carboxylic acids is 1. The second-order valence-electron chi connectivity index (χ2n) is 3.09. The number of H-pyrrole nitrogens is 1. The van der Waals surface area contributed by atoms with Crippen molar-refractivity contribution in [3.8, 4) is 0 Å². The van der Waals surface area contributed by atoms with E-state index in [-0.39, 0.29) is 5.56 Å². The SMILES string of the molecule is CCc1c[nH]c2cc(C(=O)O)cnc12. The van der Waals surface area contributed by atoms with Crippen LogP contribution in [-0.4, -0.2) is 21.0 Å². The summed E-state index contributed by atoms with van der Waals surface area (Å²) in [6.07, 6.45) is 4.14. The Morgan fingerprint density at radius 3 is 3.07 bits per heavy atom. The molecule has 0 radical (unpaired) electrons. The third-order valence-corrected chi connectivity index (χ3v) is 2.22. The number of hydrogen-bond donors (Lipinski definition) is 2. The maximum absolute atomic E-state index is 10.7. The average molecular weight is 190 g/mol. The van der Waals surface area contributed by atoms with Gasteiger partial charge in [0.1, 0.15) is 0 Å². The van der Waals surface area contributed by atoms with Crippen LogP contribution in [0, 0.1) is 0 Å². The van der Waals surface area contributed by atoms with Gasteiger partial charge in [0, 0.05) is 12.4 Å². The lowest BCUT2D eigenvalue weighted by molar-refractivity contribution is 0.0696. The van der Waals surface area contributed by atoms with Gasteiger partial charge in [0.05, 0.1) is 16.6 Å². The van der Waals surface area contributed by atoms with Crippen LogP contribution in [0.1, 0.15) is 22.8 Å². The van der Waals surface area contributed by atoms with Crippen molar-refractivity contribution in [2.24, 2.45) is 0 Å². The smallest absolute Gasteiger partial charge is 0.337 e. The molecular formula is C10H10N2O2. The summed E-state index contributed by atoms with van der Waals surface area (Å²) in [6, 6.07) is 1.60. The molecule has 0 bridgehead atoms. The largest absolute Gasteiger partial charge is 0.478 e. The number of rotatable bonds is 2. The van der Waals surface area contributed by atoms with Gasteiger partial charge in [-0.25, -0.2) is 4.79 Å². The van der Waals surface area contributed by atoms with Crippen LogP contribution in [0.2, 0.25) is 0 Å². The molecule has 0 saturated carbocycles. The molecule has 0 spiro atoms. The van der Waals surface area contributed by atoms with Crippen LogP contribution in [-0.2, 0) is 6.42 Å². The van der Waals surface area contributed by atoms with Crippen molar-refractivity contribution >= 4 is 17.0 Å². The number of pyridine rings is 1. The standard InChI is InChI=1S/C10H10N2O2/c1-2-6-4-11-8-3-7(10(13)14)5-12-9(6)8/h3-5,11H,2H2,1H3,(H,13,14). The van der Waals surface area contributed by atoms with E-state index in [2.05, 4.69) is 9.97 Å². The second-order valence-corrected chi connectivity index (χ2v) is 3.09. The molecule has 0 atom stereocenters. The molecule has 0 aromatic carbocycles. The highest BCUT2D eigenvalue weighted by molar-refractivity contribution is 5.92. The van der Waals surface area contributed by atoms with Gasteiger partial charge in [0.2, 0.25) is 0 Å². The van der Waals surface area contributed by atoms with Crippen molar-refractivity contribution < 1.29 is 9.90 Å². The monoisotopic (exact) mass is 190 g/mol. The first-order chi connectivity index (χ1) is 6.72.